The third kappa shape index (κ3) is 2.20. The first kappa shape index (κ1) is 10.6. The van der Waals surface area contributed by atoms with Crippen LogP contribution in [-0.2, 0) is 10.8 Å². The summed E-state index contributed by atoms with van der Waals surface area (Å²) < 4.78 is 25.5. The average molecular weight is 227 g/mol. The van der Waals surface area contributed by atoms with Crippen LogP contribution in [-0.4, -0.2) is 9.46 Å². The number of nitrogen functional groups attached to an aromatic ring is 1. The molecule has 4 heteroatoms. The number of nitrogens with two attached hydrogens (primary N) is 1. The maximum atomic E-state index is 13.5. The molecule has 1 aromatic rings. The summed E-state index contributed by atoms with van der Waals surface area (Å²) in [7, 11) is -1.21. The summed E-state index contributed by atoms with van der Waals surface area (Å²) in [5.41, 5.74) is 5.82. The summed E-state index contributed by atoms with van der Waals surface area (Å²) in [4.78, 5) is 0.302. The highest BCUT2D eigenvalue weighted by atomic mass is 32.2. The van der Waals surface area contributed by atoms with Gasteiger partial charge < -0.3 is 5.73 Å². The Balaban J connectivity index is 2.24. The Kier molecular flexibility index (Phi) is 3.05. The number of rotatable bonds is 2. The van der Waals surface area contributed by atoms with Crippen molar-refractivity contribution in [2.24, 2.45) is 0 Å². The van der Waals surface area contributed by atoms with E-state index in [-0.39, 0.29) is 5.25 Å². The van der Waals surface area contributed by atoms with Crippen LogP contribution in [0.15, 0.2) is 23.1 Å². The second-order valence-corrected chi connectivity index (χ2v) is 5.60. The van der Waals surface area contributed by atoms with Gasteiger partial charge in [0.2, 0.25) is 0 Å². The van der Waals surface area contributed by atoms with Gasteiger partial charge in [0.05, 0.1) is 15.7 Å². The van der Waals surface area contributed by atoms with Crippen LogP contribution in [0.1, 0.15) is 25.7 Å². The minimum atomic E-state index is -1.21. The Hall–Kier alpha value is -0.900. The predicted octanol–water partition coefficient (Wildman–Crippen LogP) is 2.46. The molecule has 0 saturated heterocycles. The Bertz CT molecular complexity index is 388. The van der Waals surface area contributed by atoms with Crippen LogP contribution in [0.4, 0.5) is 10.1 Å². The van der Waals surface area contributed by atoms with Crippen LogP contribution < -0.4 is 5.73 Å². The summed E-state index contributed by atoms with van der Waals surface area (Å²) in [5.74, 6) is -0.444. The molecule has 1 atom stereocenters. The summed E-state index contributed by atoms with van der Waals surface area (Å²) in [5, 5.41) is 0.128. The molecule has 0 bridgehead atoms. The van der Waals surface area contributed by atoms with Gasteiger partial charge in [0.25, 0.3) is 0 Å². The van der Waals surface area contributed by atoms with E-state index in [0.29, 0.717) is 10.6 Å². The molecule has 2 N–H and O–H groups in total. The number of hydrogen-bond donors (Lipinski definition) is 1. The van der Waals surface area contributed by atoms with Crippen LogP contribution in [0.25, 0.3) is 0 Å². The standard InChI is InChI=1S/C11H14FNOS/c12-10-7-8(13)5-6-11(10)15(14)9-3-1-2-4-9/h5-7,9H,1-4,13H2. The number of halogens is 1. The number of anilines is 1. The molecule has 0 radical (unpaired) electrons. The van der Waals surface area contributed by atoms with Gasteiger partial charge in [0.15, 0.2) is 0 Å². The lowest BCUT2D eigenvalue weighted by Crippen LogP contribution is -2.11. The van der Waals surface area contributed by atoms with Gasteiger partial charge in [-0.2, -0.15) is 0 Å². The van der Waals surface area contributed by atoms with E-state index in [0.717, 1.165) is 25.7 Å². The first-order valence-corrected chi connectivity index (χ1v) is 6.35. The molecule has 2 rings (SSSR count). The van der Waals surface area contributed by atoms with Gasteiger partial charge >= 0.3 is 0 Å². The maximum absolute atomic E-state index is 13.5. The van der Waals surface area contributed by atoms with Crippen LogP contribution in [0.5, 0.6) is 0 Å². The first-order chi connectivity index (χ1) is 7.18. The van der Waals surface area contributed by atoms with Crippen molar-refractivity contribution in [1.29, 1.82) is 0 Å². The van der Waals surface area contributed by atoms with E-state index >= 15 is 0 Å². The molecule has 0 amide bonds. The Morgan fingerprint density at radius 1 is 1.33 bits per heavy atom. The van der Waals surface area contributed by atoms with E-state index in [9.17, 15) is 8.60 Å². The molecule has 82 valence electrons. The lowest BCUT2D eigenvalue weighted by Gasteiger charge is -2.10. The molecule has 0 aliphatic heterocycles. The summed E-state index contributed by atoms with van der Waals surface area (Å²) in [6, 6.07) is 4.38. The van der Waals surface area contributed by atoms with E-state index in [1.807, 2.05) is 0 Å². The van der Waals surface area contributed by atoms with Crippen molar-refractivity contribution in [1.82, 2.24) is 0 Å². The lowest BCUT2D eigenvalue weighted by molar-refractivity contribution is 0.593. The normalized spacial score (nSPS) is 19.3. The smallest absolute Gasteiger partial charge is 0.141 e. The van der Waals surface area contributed by atoms with Gasteiger partial charge in [-0.25, -0.2) is 4.39 Å². The average Bonchev–Trinajstić information content (AvgIpc) is 2.69. The van der Waals surface area contributed by atoms with Crippen LogP contribution in [0, 0.1) is 5.82 Å². The molecule has 1 saturated carbocycles. The van der Waals surface area contributed by atoms with E-state index in [1.54, 1.807) is 12.1 Å². The van der Waals surface area contributed by atoms with Gasteiger partial charge in [-0.1, -0.05) is 12.8 Å². The Morgan fingerprint density at radius 3 is 2.60 bits per heavy atom. The maximum Gasteiger partial charge on any atom is 0.141 e. The van der Waals surface area contributed by atoms with E-state index in [1.165, 1.54) is 6.07 Å². The second kappa shape index (κ2) is 4.31. The molecule has 1 aliphatic carbocycles. The summed E-state index contributed by atoms with van der Waals surface area (Å²) in [6.45, 7) is 0. The molecule has 15 heavy (non-hydrogen) atoms. The van der Waals surface area contributed by atoms with E-state index < -0.39 is 16.6 Å². The lowest BCUT2D eigenvalue weighted by atomic mass is 10.3. The Labute approximate surface area is 91.1 Å². The van der Waals surface area contributed by atoms with Gasteiger partial charge in [0, 0.05) is 10.9 Å². The van der Waals surface area contributed by atoms with Gasteiger partial charge in [-0.15, -0.1) is 0 Å². The molecule has 0 heterocycles. The van der Waals surface area contributed by atoms with Crippen molar-refractivity contribution in [3.05, 3.63) is 24.0 Å². The number of hydrogen-bond acceptors (Lipinski definition) is 2. The molecular weight excluding hydrogens is 213 g/mol. The molecule has 1 aliphatic rings. The summed E-state index contributed by atoms with van der Waals surface area (Å²) >= 11 is 0. The zero-order chi connectivity index (χ0) is 10.8. The van der Waals surface area contributed by atoms with Gasteiger partial charge in [-0.05, 0) is 31.0 Å². The third-order valence-corrected chi connectivity index (χ3v) is 4.62. The highest BCUT2D eigenvalue weighted by Gasteiger charge is 2.24. The topological polar surface area (TPSA) is 43.1 Å². The van der Waals surface area contributed by atoms with E-state index in [2.05, 4.69) is 0 Å². The van der Waals surface area contributed by atoms with Crippen LogP contribution in [0.3, 0.4) is 0 Å². The van der Waals surface area contributed by atoms with Crippen LogP contribution >= 0.6 is 0 Å². The fourth-order valence-electron chi connectivity index (χ4n) is 1.96. The molecule has 0 aromatic heterocycles. The molecule has 1 aromatic carbocycles. The highest BCUT2D eigenvalue weighted by molar-refractivity contribution is 7.85. The first-order valence-electron chi connectivity index (χ1n) is 5.14. The highest BCUT2D eigenvalue weighted by Crippen LogP contribution is 2.28. The van der Waals surface area contributed by atoms with Gasteiger partial charge in [0.1, 0.15) is 5.82 Å². The molecular formula is C11H14FNOS. The minimum absolute atomic E-state index is 0.128. The molecule has 1 fully saturated rings. The van der Waals surface area contributed by atoms with Crippen molar-refractivity contribution >= 4 is 16.5 Å². The van der Waals surface area contributed by atoms with Gasteiger partial charge in [-0.3, -0.25) is 4.21 Å². The molecule has 1 unspecified atom stereocenters. The number of benzene rings is 1. The zero-order valence-corrected chi connectivity index (χ0v) is 9.23. The Morgan fingerprint density at radius 2 is 2.00 bits per heavy atom. The van der Waals surface area contributed by atoms with Crippen LogP contribution in [0.2, 0.25) is 0 Å². The summed E-state index contributed by atoms with van der Waals surface area (Å²) in [6.07, 6.45) is 4.09. The monoisotopic (exact) mass is 227 g/mol. The SMILES string of the molecule is Nc1ccc(S(=O)C2CCCC2)c(F)c1. The van der Waals surface area contributed by atoms with E-state index in [4.69, 9.17) is 5.73 Å². The molecule has 2 nitrogen and oxygen atoms in total. The third-order valence-electron chi connectivity index (χ3n) is 2.78. The van der Waals surface area contributed by atoms with Crippen molar-refractivity contribution in [3.63, 3.8) is 0 Å². The van der Waals surface area contributed by atoms with Crippen molar-refractivity contribution in [2.45, 2.75) is 35.8 Å². The fourth-order valence-corrected chi connectivity index (χ4v) is 3.54. The minimum Gasteiger partial charge on any atom is -0.399 e. The fraction of sp³-hybridized carbons (Fsp3) is 0.455. The predicted molar refractivity (Wildman–Crippen MR) is 59.5 cm³/mol. The largest absolute Gasteiger partial charge is 0.399 e. The quantitative estimate of drug-likeness (QED) is 0.789. The molecule has 0 spiro atoms. The van der Waals surface area contributed by atoms with Crippen molar-refractivity contribution < 1.29 is 8.60 Å². The van der Waals surface area contributed by atoms with Crippen molar-refractivity contribution in [2.75, 3.05) is 5.73 Å². The van der Waals surface area contributed by atoms with Crippen molar-refractivity contribution in [3.8, 4) is 0 Å². The second-order valence-electron chi connectivity index (χ2n) is 3.89. The zero-order valence-electron chi connectivity index (χ0n) is 8.41.